The van der Waals surface area contributed by atoms with Crippen molar-refractivity contribution in [2.24, 2.45) is 5.41 Å². The summed E-state index contributed by atoms with van der Waals surface area (Å²) in [6.45, 7) is 5.13. The SMILES string of the molecule is COC(=O)c1cc(F)c(-c2cccc3c2OCN(C(=O)c2c(Cl)cc(N4CCC5(CNC5)C4)cc2Cl)C3)cc1N1C2CCC1COC2.O=C(O)C(F)(F)F. The molecule has 5 heterocycles. The van der Waals surface area contributed by atoms with Gasteiger partial charge in [-0.1, -0.05) is 41.4 Å². The lowest BCUT2D eigenvalue weighted by Gasteiger charge is -2.39. The van der Waals surface area contributed by atoms with Crippen LogP contribution in [0.2, 0.25) is 10.0 Å². The molecule has 2 atom stereocenters. The van der Waals surface area contributed by atoms with E-state index < -0.39 is 23.9 Å². The second kappa shape index (κ2) is 14.7. The van der Waals surface area contributed by atoms with Crippen molar-refractivity contribution in [3.05, 3.63) is 75.0 Å². The van der Waals surface area contributed by atoms with Crippen molar-refractivity contribution in [3.8, 4) is 16.9 Å². The van der Waals surface area contributed by atoms with E-state index in [4.69, 9.17) is 47.3 Å². The average Bonchev–Trinajstić information content (AvgIpc) is 3.69. The highest BCUT2D eigenvalue weighted by Crippen LogP contribution is 2.44. The number of anilines is 2. The third-order valence-electron chi connectivity index (χ3n) is 10.7. The number of para-hydroxylation sites is 1. The first-order chi connectivity index (χ1) is 25.7. The number of nitrogens with one attached hydrogen (secondary N) is 1. The smallest absolute Gasteiger partial charge is 0.475 e. The van der Waals surface area contributed by atoms with Gasteiger partial charge in [0, 0.05) is 54.0 Å². The molecule has 1 amide bonds. The minimum Gasteiger partial charge on any atom is -0.475 e. The lowest BCUT2D eigenvalue weighted by molar-refractivity contribution is -0.192. The lowest BCUT2D eigenvalue weighted by Crippen LogP contribution is -2.54. The van der Waals surface area contributed by atoms with E-state index in [1.54, 1.807) is 12.1 Å². The number of hydrogen-bond acceptors (Lipinski definition) is 9. The molecular formula is C37H36Cl2F4N4O7. The maximum Gasteiger partial charge on any atom is 0.490 e. The van der Waals surface area contributed by atoms with Crippen molar-refractivity contribution in [1.82, 2.24) is 10.2 Å². The third-order valence-corrected chi connectivity index (χ3v) is 11.3. The van der Waals surface area contributed by atoms with Gasteiger partial charge < -0.3 is 39.3 Å². The number of esters is 1. The molecule has 2 N–H and O–H groups in total. The van der Waals surface area contributed by atoms with Crippen LogP contribution >= 0.6 is 23.2 Å². The predicted molar refractivity (Wildman–Crippen MR) is 191 cm³/mol. The first kappa shape index (κ1) is 38.0. The summed E-state index contributed by atoms with van der Waals surface area (Å²) in [5, 5.41) is 11.1. The number of ether oxygens (including phenoxy) is 3. The van der Waals surface area contributed by atoms with Crippen molar-refractivity contribution in [1.29, 1.82) is 0 Å². The summed E-state index contributed by atoms with van der Waals surface area (Å²) < 4.78 is 64.6. The fourth-order valence-corrected chi connectivity index (χ4v) is 8.56. The van der Waals surface area contributed by atoms with Crippen LogP contribution in [-0.4, -0.2) is 99.3 Å². The van der Waals surface area contributed by atoms with E-state index in [0.717, 1.165) is 51.1 Å². The molecule has 288 valence electrons. The molecule has 0 aliphatic carbocycles. The quantitative estimate of drug-likeness (QED) is 0.223. The number of morpholine rings is 1. The summed E-state index contributed by atoms with van der Waals surface area (Å²) in [4.78, 5) is 41.5. The largest absolute Gasteiger partial charge is 0.490 e. The predicted octanol–water partition coefficient (Wildman–Crippen LogP) is 6.38. The fraction of sp³-hybridized carbons (Fsp3) is 0.432. The zero-order chi connectivity index (χ0) is 38.5. The second-order valence-corrected chi connectivity index (χ2v) is 14.9. The van der Waals surface area contributed by atoms with Gasteiger partial charge >= 0.3 is 18.1 Å². The Bertz CT molecular complexity index is 1960. The normalized spacial score (nSPS) is 21.1. The van der Waals surface area contributed by atoms with Gasteiger partial charge in [0.25, 0.3) is 5.91 Å². The van der Waals surface area contributed by atoms with Crippen LogP contribution in [0.1, 0.15) is 45.5 Å². The molecule has 4 fully saturated rings. The van der Waals surface area contributed by atoms with Gasteiger partial charge in [-0.15, -0.1) is 0 Å². The van der Waals surface area contributed by atoms with Crippen LogP contribution in [0.3, 0.4) is 0 Å². The monoisotopic (exact) mass is 794 g/mol. The van der Waals surface area contributed by atoms with Gasteiger partial charge in [-0.2, -0.15) is 13.2 Å². The first-order valence-corrected chi connectivity index (χ1v) is 18.0. The minimum absolute atomic E-state index is 0.0682. The molecule has 5 aliphatic heterocycles. The van der Waals surface area contributed by atoms with E-state index in [-0.39, 0.29) is 42.4 Å². The van der Waals surface area contributed by atoms with Gasteiger partial charge in [-0.05, 0) is 43.5 Å². The van der Waals surface area contributed by atoms with Crippen molar-refractivity contribution in [2.45, 2.75) is 44.1 Å². The molecule has 2 bridgehead atoms. The summed E-state index contributed by atoms with van der Waals surface area (Å²) in [6, 6.07) is 12.3. The molecule has 17 heteroatoms. The molecular weight excluding hydrogens is 759 g/mol. The Morgan fingerprint density at radius 1 is 1.02 bits per heavy atom. The van der Waals surface area contributed by atoms with Crippen molar-refractivity contribution < 1.29 is 51.3 Å². The summed E-state index contributed by atoms with van der Waals surface area (Å²) in [5.74, 6) is -3.78. The van der Waals surface area contributed by atoms with Gasteiger partial charge in [0.1, 0.15) is 11.6 Å². The van der Waals surface area contributed by atoms with E-state index in [1.807, 2.05) is 24.3 Å². The van der Waals surface area contributed by atoms with Crippen LogP contribution in [0.15, 0.2) is 42.5 Å². The summed E-state index contributed by atoms with van der Waals surface area (Å²) >= 11 is 13.4. The number of fused-ring (bicyclic) bond motifs is 3. The average molecular weight is 796 g/mol. The van der Waals surface area contributed by atoms with E-state index in [0.29, 0.717) is 56.8 Å². The third kappa shape index (κ3) is 7.14. The van der Waals surface area contributed by atoms with Gasteiger partial charge in [-0.3, -0.25) is 4.79 Å². The van der Waals surface area contributed by atoms with Gasteiger partial charge in [0.05, 0.1) is 65.8 Å². The number of carboxylic acids is 1. The maximum atomic E-state index is 15.9. The number of carboxylic acid groups (broad SMARTS) is 1. The molecule has 4 saturated heterocycles. The summed E-state index contributed by atoms with van der Waals surface area (Å²) in [5.41, 5.74) is 3.81. The topological polar surface area (TPSA) is 121 Å². The Hall–Kier alpha value is -4.31. The van der Waals surface area contributed by atoms with Crippen LogP contribution < -0.4 is 19.9 Å². The zero-order valence-electron chi connectivity index (χ0n) is 29.0. The standard InChI is InChI=1S/C35H35Cl2FN4O5.C2HF3O2/c1-45-34(44)26-11-29(38)25(12-30(26)42-21-5-6-22(42)15-46-14-21)24-4-2-3-20-13-41(19-47-32(20)24)33(43)31-27(36)9-23(10-28(31)37)40-8-7-35(18-40)16-39-17-35;3-2(4,5)1(6)7/h2-4,9-12,21-22,39H,5-8,13-19H2,1H3;(H,6,7). The van der Waals surface area contributed by atoms with E-state index in [2.05, 4.69) is 15.1 Å². The Kier molecular flexibility index (Phi) is 10.4. The van der Waals surface area contributed by atoms with Gasteiger partial charge in [0.15, 0.2) is 6.73 Å². The molecule has 5 aliphatic rings. The molecule has 1 spiro atoms. The summed E-state index contributed by atoms with van der Waals surface area (Å²) in [6.07, 6.45) is -2.12. The van der Waals surface area contributed by atoms with Crippen LogP contribution in [0.25, 0.3) is 11.1 Å². The van der Waals surface area contributed by atoms with Crippen LogP contribution in [0.5, 0.6) is 5.75 Å². The van der Waals surface area contributed by atoms with Gasteiger partial charge in [-0.25, -0.2) is 14.0 Å². The number of alkyl halides is 3. The summed E-state index contributed by atoms with van der Waals surface area (Å²) in [7, 11) is 1.30. The Balaban J connectivity index is 0.000000588. The molecule has 54 heavy (non-hydrogen) atoms. The highest BCUT2D eigenvalue weighted by Gasteiger charge is 2.44. The first-order valence-electron chi connectivity index (χ1n) is 17.3. The molecule has 3 aromatic carbocycles. The molecule has 0 saturated carbocycles. The van der Waals surface area contributed by atoms with Crippen molar-refractivity contribution in [2.75, 3.05) is 63.0 Å². The molecule has 0 aromatic heterocycles. The number of hydrogen-bond donors (Lipinski definition) is 2. The van der Waals surface area contributed by atoms with Crippen LogP contribution in [0.4, 0.5) is 28.9 Å². The van der Waals surface area contributed by atoms with Gasteiger partial charge in [0.2, 0.25) is 0 Å². The number of halogens is 6. The zero-order valence-corrected chi connectivity index (χ0v) is 30.5. The molecule has 3 aromatic rings. The minimum atomic E-state index is -5.08. The van der Waals surface area contributed by atoms with Crippen molar-refractivity contribution in [3.63, 3.8) is 0 Å². The number of methoxy groups -OCH3 is 1. The fourth-order valence-electron chi connectivity index (χ4n) is 7.92. The number of carbonyl (C=O) groups excluding carboxylic acids is 2. The second-order valence-electron chi connectivity index (χ2n) is 14.1. The molecule has 11 nitrogen and oxygen atoms in total. The number of rotatable bonds is 5. The van der Waals surface area contributed by atoms with Crippen LogP contribution in [0, 0.1) is 11.2 Å². The Morgan fingerprint density at radius 3 is 2.26 bits per heavy atom. The number of amides is 1. The van der Waals surface area contributed by atoms with Crippen molar-refractivity contribution >= 4 is 52.4 Å². The molecule has 2 unspecified atom stereocenters. The maximum absolute atomic E-state index is 15.9. The van der Waals surface area contributed by atoms with E-state index in [9.17, 15) is 22.8 Å². The Morgan fingerprint density at radius 2 is 1.69 bits per heavy atom. The number of carbonyl (C=O) groups is 3. The number of nitrogens with zero attached hydrogens (tertiary/aromatic N) is 3. The highest BCUT2D eigenvalue weighted by molar-refractivity contribution is 6.40. The highest BCUT2D eigenvalue weighted by atomic mass is 35.5. The lowest BCUT2D eigenvalue weighted by atomic mass is 9.81. The number of aliphatic carboxylic acids is 1. The van der Waals surface area contributed by atoms with E-state index >= 15 is 4.39 Å². The van der Waals surface area contributed by atoms with E-state index in [1.165, 1.54) is 18.1 Å². The Labute approximate surface area is 317 Å². The molecule has 8 rings (SSSR count). The molecule has 0 radical (unpaired) electrons. The van der Waals surface area contributed by atoms with Crippen LogP contribution in [-0.2, 0) is 20.8 Å². The number of benzene rings is 3.